The molecule has 2 N–H and O–H groups in total. The molecule has 0 saturated carbocycles. The van der Waals surface area contributed by atoms with Crippen LogP contribution in [0.1, 0.15) is 11.1 Å². The van der Waals surface area contributed by atoms with E-state index in [1.807, 2.05) is 18.2 Å². The average molecular weight is 438 g/mol. The van der Waals surface area contributed by atoms with Gasteiger partial charge < -0.3 is 14.8 Å². The minimum absolute atomic E-state index is 0.161. The molecule has 0 atom stereocenters. The van der Waals surface area contributed by atoms with Crippen molar-refractivity contribution in [1.82, 2.24) is 10.6 Å². The number of carbonyl (C=O) groups is 2. The van der Waals surface area contributed by atoms with Crippen LogP contribution in [0, 0.1) is 0 Å². The molecule has 1 heterocycles. The number of carbonyl (C=O) groups excluding carboxylic acids is 2. The Bertz CT molecular complexity index is 914. The molecule has 6 nitrogen and oxygen atoms in total. The Morgan fingerprint density at radius 3 is 2.62 bits per heavy atom. The molecule has 26 heavy (non-hydrogen) atoms. The predicted octanol–water partition coefficient (Wildman–Crippen LogP) is 3.87. The Morgan fingerprint density at radius 2 is 1.96 bits per heavy atom. The lowest BCUT2D eigenvalue weighted by atomic mass is 10.1. The summed E-state index contributed by atoms with van der Waals surface area (Å²) in [5, 5.41) is 5.20. The summed E-state index contributed by atoms with van der Waals surface area (Å²) in [6.45, 7) is 0.271. The first-order valence-electron chi connectivity index (χ1n) is 7.55. The van der Waals surface area contributed by atoms with Gasteiger partial charge in [0.25, 0.3) is 5.91 Å². The fourth-order valence-corrected chi connectivity index (χ4v) is 3.14. The van der Waals surface area contributed by atoms with Crippen LogP contribution in [-0.4, -0.2) is 19.0 Å². The SMILES string of the molecule is COc1cc(/C=C2\NC(=O)NC2=O)cc(Br)c1OCc1ccccc1Cl. The second kappa shape index (κ2) is 7.80. The van der Waals surface area contributed by atoms with E-state index < -0.39 is 11.9 Å². The van der Waals surface area contributed by atoms with Gasteiger partial charge in [-0.1, -0.05) is 29.8 Å². The van der Waals surface area contributed by atoms with E-state index in [1.54, 1.807) is 24.3 Å². The number of urea groups is 1. The molecule has 0 aromatic heterocycles. The van der Waals surface area contributed by atoms with Crippen molar-refractivity contribution in [2.75, 3.05) is 7.11 Å². The standard InChI is InChI=1S/C18H14BrClN2O4/c1-25-15-8-10(7-14-17(23)22-18(24)21-14)6-12(19)16(15)26-9-11-4-2-3-5-13(11)20/h2-8H,9H2,1H3,(H2,21,22,23,24)/b14-7-. The number of hydrogen-bond acceptors (Lipinski definition) is 4. The molecule has 2 aromatic carbocycles. The Hall–Kier alpha value is -2.51. The Morgan fingerprint density at radius 1 is 1.19 bits per heavy atom. The van der Waals surface area contributed by atoms with Crippen LogP contribution in [0.5, 0.6) is 11.5 Å². The van der Waals surface area contributed by atoms with E-state index in [0.717, 1.165) is 5.56 Å². The molecule has 134 valence electrons. The van der Waals surface area contributed by atoms with Crippen molar-refractivity contribution < 1.29 is 19.1 Å². The van der Waals surface area contributed by atoms with E-state index >= 15 is 0 Å². The smallest absolute Gasteiger partial charge is 0.326 e. The van der Waals surface area contributed by atoms with Gasteiger partial charge in [0.1, 0.15) is 12.3 Å². The van der Waals surface area contributed by atoms with Crippen molar-refractivity contribution in [3.63, 3.8) is 0 Å². The monoisotopic (exact) mass is 436 g/mol. The number of hydrogen-bond donors (Lipinski definition) is 2. The van der Waals surface area contributed by atoms with Gasteiger partial charge in [0.05, 0.1) is 11.6 Å². The minimum atomic E-state index is -0.549. The minimum Gasteiger partial charge on any atom is -0.493 e. The van der Waals surface area contributed by atoms with Crippen LogP contribution in [0.3, 0.4) is 0 Å². The number of methoxy groups -OCH3 is 1. The van der Waals surface area contributed by atoms with E-state index in [9.17, 15) is 9.59 Å². The first kappa shape index (κ1) is 18.3. The zero-order chi connectivity index (χ0) is 18.7. The van der Waals surface area contributed by atoms with Crippen molar-refractivity contribution in [2.24, 2.45) is 0 Å². The number of amides is 3. The molecule has 1 aliphatic rings. The van der Waals surface area contributed by atoms with Crippen molar-refractivity contribution in [3.05, 3.63) is 62.7 Å². The number of halogens is 2. The van der Waals surface area contributed by atoms with E-state index in [-0.39, 0.29) is 12.3 Å². The summed E-state index contributed by atoms with van der Waals surface area (Å²) in [6, 6.07) is 10.3. The average Bonchev–Trinajstić information content (AvgIpc) is 2.92. The van der Waals surface area contributed by atoms with Crippen LogP contribution in [0.25, 0.3) is 6.08 Å². The lowest BCUT2D eigenvalue weighted by Gasteiger charge is -2.14. The molecule has 1 aliphatic heterocycles. The van der Waals surface area contributed by atoms with Crippen LogP contribution < -0.4 is 20.1 Å². The normalized spacial score (nSPS) is 15.0. The quantitative estimate of drug-likeness (QED) is 0.550. The third-order valence-corrected chi connectivity index (χ3v) is 4.57. The van der Waals surface area contributed by atoms with Crippen molar-refractivity contribution in [3.8, 4) is 11.5 Å². The third kappa shape index (κ3) is 4.00. The molecular formula is C18H14BrClN2O4. The van der Waals surface area contributed by atoms with Gasteiger partial charge in [-0.15, -0.1) is 0 Å². The number of ether oxygens (including phenoxy) is 2. The van der Waals surface area contributed by atoms with Gasteiger partial charge in [-0.05, 0) is 45.8 Å². The van der Waals surface area contributed by atoms with Gasteiger partial charge >= 0.3 is 6.03 Å². The molecule has 0 radical (unpaired) electrons. The predicted molar refractivity (Wildman–Crippen MR) is 101 cm³/mol. The largest absolute Gasteiger partial charge is 0.493 e. The first-order valence-corrected chi connectivity index (χ1v) is 8.73. The lowest BCUT2D eigenvalue weighted by molar-refractivity contribution is -0.115. The van der Waals surface area contributed by atoms with Crippen LogP contribution in [0.2, 0.25) is 5.02 Å². The fraction of sp³-hybridized carbons (Fsp3) is 0.111. The molecule has 0 unspecified atom stereocenters. The van der Waals surface area contributed by atoms with E-state index in [0.29, 0.717) is 26.6 Å². The maximum absolute atomic E-state index is 11.6. The van der Waals surface area contributed by atoms with Crippen LogP contribution in [-0.2, 0) is 11.4 Å². The van der Waals surface area contributed by atoms with Crippen LogP contribution in [0.15, 0.2) is 46.6 Å². The summed E-state index contributed by atoms with van der Waals surface area (Å²) >= 11 is 9.60. The van der Waals surface area contributed by atoms with Crippen molar-refractivity contribution >= 4 is 45.5 Å². The van der Waals surface area contributed by atoms with Gasteiger partial charge in [-0.2, -0.15) is 0 Å². The van der Waals surface area contributed by atoms with E-state index in [2.05, 4.69) is 26.6 Å². The van der Waals surface area contributed by atoms with E-state index in [4.69, 9.17) is 21.1 Å². The van der Waals surface area contributed by atoms with Crippen molar-refractivity contribution in [2.45, 2.75) is 6.61 Å². The zero-order valence-corrected chi connectivity index (χ0v) is 16.0. The van der Waals surface area contributed by atoms with Gasteiger partial charge in [0.2, 0.25) is 0 Å². The third-order valence-electron chi connectivity index (χ3n) is 3.61. The second-order valence-electron chi connectivity index (χ2n) is 5.38. The number of rotatable bonds is 5. The topological polar surface area (TPSA) is 76.7 Å². The second-order valence-corrected chi connectivity index (χ2v) is 6.64. The summed E-state index contributed by atoms with van der Waals surface area (Å²) in [5.74, 6) is 0.502. The molecule has 3 rings (SSSR count). The van der Waals surface area contributed by atoms with Gasteiger partial charge in [0, 0.05) is 10.6 Å². The molecule has 3 amide bonds. The van der Waals surface area contributed by atoms with Crippen molar-refractivity contribution in [1.29, 1.82) is 0 Å². The lowest BCUT2D eigenvalue weighted by Crippen LogP contribution is -2.22. The molecule has 0 spiro atoms. The first-order chi connectivity index (χ1) is 12.5. The Balaban J connectivity index is 1.86. The molecular weight excluding hydrogens is 424 g/mol. The molecule has 1 saturated heterocycles. The highest BCUT2D eigenvalue weighted by molar-refractivity contribution is 9.10. The highest BCUT2D eigenvalue weighted by atomic mass is 79.9. The van der Waals surface area contributed by atoms with Gasteiger partial charge in [-0.25, -0.2) is 4.79 Å². The molecule has 8 heteroatoms. The summed E-state index contributed by atoms with van der Waals surface area (Å²) in [4.78, 5) is 22.8. The summed E-state index contributed by atoms with van der Waals surface area (Å²) in [7, 11) is 1.52. The molecule has 2 aromatic rings. The Labute approximate surface area is 163 Å². The van der Waals surface area contributed by atoms with Crippen LogP contribution in [0.4, 0.5) is 4.79 Å². The highest BCUT2D eigenvalue weighted by Crippen LogP contribution is 2.38. The highest BCUT2D eigenvalue weighted by Gasteiger charge is 2.23. The Kier molecular flexibility index (Phi) is 5.49. The van der Waals surface area contributed by atoms with Gasteiger partial charge in [0.15, 0.2) is 11.5 Å². The molecule has 0 aliphatic carbocycles. The molecule has 0 bridgehead atoms. The number of nitrogens with one attached hydrogen (secondary N) is 2. The maximum Gasteiger partial charge on any atom is 0.326 e. The van der Waals surface area contributed by atoms with Gasteiger partial charge in [-0.3, -0.25) is 10.1 Å². The van der Waals surface area contributed by atoms with Crippen LogP contribution >= 0.6 is 27.5 Å². The van der Waals surface area contributed by atoms with E-state index in [1.165, 1.54) is 7.11 Å². The molecule has 1 fully saturated rings. The summed E-state index contributed by atoms with van der Waals surface area (Å²) < 4.78 is 11.9. The summed E-state index contributed by atoms with van der Waals surface area (Å²) in [5.41, 5.74) is 1.67. The number of benzene rings is 2. The maximum atomic E-state index is 11.6. The fourth-order valence-electron chi connectivity index (χ4n) is 2.38. The summed E-state index contributed by atoms with van der Waals surface area (Å²) in [6.07, 6.45) is 1.55. The number of imide groups is 1. The zero-order valence-electron chi connectivity index (χ0n) is 13.6.